The molecule has 0 fully saturated rings. The first-order valence-corrected chi connectivity index (χ1v) is 16.7. The van der Waals surface area contributed by atoms with Crippen molar-refractivity contribution < 1.29 is 28.3 Å². The lowest BCUT2D eigenvalue weighted by atomic mass is 9.81. The second-order valence-corrected chi connectivity index (χ2v) is 13.8. The first kappa shape index (κ1) is 34.8. The SMILES string of the molecule is COc1ccc2c(c1)C(C)(C)C(/C=C/C1=C(Cl)C(=C/C=C3\N(C(C)OC)c4cc(OC)c(OC)cc4C3(C)C)/CCC1)=[N+]2C(C)OC. The number of benzene rings is 2. The van der Waals surface area contributed by atoms with Crippen molar-refractivity contribution in [2.75, 3.05) is 40.4 Å². The number of fused-ring (bicyclic) bond motifs is 2. The fraction of sp³-hybridized carbons (Fsp3) is 0.462. The maximum absolute atomic E-state index is 7.21. The van der Waals surface area contributed by atoms with Gasteiger partial charge in [-0.3, -0.25) is 0 Å². The third kappa shape index (κ3) is 6.03. The highest BCUT2D eigenvalue weighted by atomic mass is 35.5. The quantitative estimate of drug-likeness (QED) is 0.237. The first-order valence-electron chi connectivity index (χ1n) is 16.3. The summed E-state index contributed by atoms with van der Waals surface area (Å²) in [4.78, 5) is 2.24. The first-order chi connectivity index (χ1) is 22.3. The van der Waals surface area contributed by atoms with E-state index in [-0.39, 0.29) is 23.3 Å². The largest absolute Gasteiger partial charge is 0.497 e. The summed E-state index contributed by atoms with van der Waals surface area (Å²) in [5.74, 6) is 2.25. The molecule has 0 amide bonds. The Hall–Kier alpha value is -3.52. The Balaban J connectivity index is 1.55. The van der Waals surface area contributed by atoms with Crippen molar-refractivity contribution in [1.29, 1.82) is 0 Å². The standard InChI is InChI=1S/C39H50ClN2O5/c1-24(43-7)41-31-18-17-28(45-9)21-29(31)38(3,4)35(41)19-15-26-13-12-14-27(37(26)40)16-20-36-39(5,6)30-22-33(46-10)34(47-11)23-32(30)42(36)25(2)44-8/h15-25H,12-14H2,1-11H3/q+1. The van der Waals surface area contributed by atoms with Gasteiger partial charge in [0.2, 0.25) is 5.69 Å². The summed E-state index contributed by atoms with van der Waals surface area (Å²) < 4.78 is 30.9. The van der Waals surface area contributed by atoms with E-state index in [1.165, 1.54) is 5.56 Å². The number of hydrogen-bond donors (Lipinski definition) is 0. The van der Waals surface area contributed by atoms with Crippen molar-refractivity contribution in [1.82, 2.24) is 0 Å². The summed E-state index contributed by atoms with van der Waals surface area (Å²) in [5.41, 5.74) is 8.52. The van der Waals surface area contributed by atoms with E-state index in [1.807, 2.05) is 12.1 Å². The minimum absolute atomic E-state index is 0.141. The predicted octanol–water partition coefficient (Wildman–Crippen LogP) is 8.91. The molecule has 0 N–H and O–H groups in total. The van der Waals surface area contributed by atoms with E-state index in [4.69, 9.17) is 35.3 Å². The lowest BCUT2D eigenvalue weighted by molar-refractivity contribution is -0.532. The molecule has 2 atom stereocenters. The monoisotopic (exact) mass is 661 g/mol. The molecule has 5 rings (SSSR count). The summed E-state index contributed by atoms with van der Waals surface area (Å²) in [7, 11) is 8.53. The van der Waals surface area contributed by atoms with Gasteiger partial charge < -0.3 is 28.6 Å². The van der Waals surface area contributed by atoms with Gasteiger partial charge in [0.25, 0.3) is 6.23 Å². The predicted molar refractivity (Wildman–Crippen MR) is 191 cm³/mol. The normalized spacial score (nSPS) is 21.5. The number of methoxy groups -OCH3 is 5. The van der Waals surface area contributed by atoms with Gasteiger partial charge in [0.1, 0.15) is 12.0 Å². The van der Waals surface area contributed by atoms with E-state index in [1.54, 1.807) is 35.5 Å². The summed E-state index contributed by atoms with van der Waals surface area (Å²) in [5, 5.41) is 0.814. The van der Waals surface area contributed by atoms with Crippen LogP contribution in [-0.2, 0) is 20.3 Å². The molecular formula is C39H50ClN2O5+. The van der Waals surface area contributed by atoms with Gasteiger partial charge in [0.05, 0.1) is 32.4 Å². The zero-order chi connectivity index (χ0) is 34.3. The van der Waals surface area contributed by atoms with E-state index in [0.29, 0.717) is 11.5 Å². The number of hydrogen-bond acceptors (Lipinski definition) is 6. The molecule has 8 heteroatoms. The van der Waals surface area contributed by atoms with Gasteiger partial charge in [0, 0.05) is 61.1 Å². The molecule has 252 valence electrons. The fourth-order valence-corrected chi connectivity index (χ4v) is 7.51. The van der Waals surface area contributed by atoms with Gasteiger partial charge in [-0.15, -0.1) is 0 Å². The van der Waals surface area contributed by atoms with Crippen molar-refractivity contribution >= 4 is 28.7 Å². The van der Waals surface area contributed by atoms with Gasteiger partial charge in [-0.1, -0.05) is 37.6 Å². The fourth-order valence-electron chi connectivity index (χ4n) is 7.20. The molecule has 0 saturated carbocycles. The van der Waals surface area contributed by atoms with Crippen LogP contribution in [0.1, 0.15) is 71.9 Å². The summed E-state index contributed by atoms with van der Waals surface area (Å²) >= 11 is 7.21. The average Bonchev–Trinajstić information content (AvgIpc) is 3.43. The van der Waals surface area contributed by atoms with Crippen LogP contribution < -0.4 is 19.1 Å². The highest BCUT2D eigenvalue weighted by molar-refractivity contribution is 6.32. The second kappa shape index (κ2) is 13.5. The third-order valence-electron chi connectivity index (χ3n) is 10.1. The van der Waals surface area contributed by atoms with Crippen molar-refractivity contribution in [3.05, 3.63) is 87.6 Å². The van der Waals surface area contributed by atoms with Crippen LogP contribution in [0.3, 0.4) is 0 Å². The highest BCUT2D eigenvalue weighted by Gasteiger charge is 2.47. The zero-order valence-electron chi connectivity index (χ0n) is 29.8. The molecule has 3 aliphatic rings. The van der Waals surface area contributed by atoms with Gasteiger partial charge in [0.15, 0.2) is 17.2 Å². The van der Waals surface area contributed by atoms with Crippen LogP contribution in [0, 0.1) is 0 Å². The molecular weight excluding hydrogens is 612 g/mol. The van der Waals surface area contributed by atoms with Gasteiger partial charge in [-0.05, 0) is 81.0 Å². The van der Waals surface area contributed by atoms with Crippen LogP contribution in [0.25, 0.3) is 0 Å². The molecule has 0 radical (unpaired) electrons. The summed E-state index contributed by atoms with van der Waals surface area (Å²) in [6.45, 7) is 13.1. The number of rotatable bonds is 10. The summed E-state index contributed by atoms with van der Waals surface area (Å²) in [6.07, 6.45) is 11.3. The highest BCUT2D eigenvalue weighted by Crippen LogP contribution is 2.52. The number of allylic oxidation sites excluding steroid dienone is 8. The molecule has 0 saturated heterocycles. The second-order valence-electron chi connectivity index (χ2n) is 13.4. The topological polar surface area (TPSA) is 52.4 Å². The Morgan fingerprint density at radius 1 is 0.809 bits per heavy atom. The maximum Gasteiger partial charge on any atom is 0.260 e. The van der Waals surface area contributed by atoms with Crippen molar-refractivity contribution in [2.24, 2.45) is 0 Å². The Labute approximate surface area is 285 Å². The Morgan fingerprint density at radius 2 is 1.51 bits per heavy atom. The Morgan fingerprint density at radius 3 is 2.15 bits per heavy atom. The number of anilines is 1. The molecule has 1 aliphatic carbocycles. The molecule has 0 aromatic heterocycles. The van der Waals surface area contributed by atoms with Crippen LogP contribution in [0.15, 0.2) is 76.5 Å². The lowest BCUT2D eigenvalue weighted by Crippen LogP contribution is -2.34. The minimum atomic E-state index is -0.309. The average molecular weight is 662 g/mol. The van der Waals surface area contributed by atoms with E-state index >= 15 is 0 Å². The minimum Gasteiger partial charge on any atom is -0.497 e. The zero-order valence-corrected chi connectivity index (χ0v) is 30.5. The number of nitrogens with zero attached hydrogens (tertiary/aromatic N) is 2. The van der Waals surface area contributed by atoms with Gasteiger partial charge in [-0.25, -0.2) is 0 Å². The van der Waals surface area contributed by atoms with Gasteiger partial charge >= 0.3 is 0 Å². The molecule has 2 aliphatic heterocycles. The molecule has 0 bridgehead atoms. The van der Waals surface area contributed by atoms with Gasteiger partial charge in [-0.2, -0.15) is 4.58 Å². The van der Waals surface area contributed by atoms with Crippen molar-refractivity contribution in [3.63, 3.8) is 0 Å². The van der Waals surface area contributed by atoms with Crippen LogP contribution in [-0.4, -0.2) is 58.3 Å². The lowest BCUT2D eigenvalue weighted by Gasteiger charge is -2.31. The third-order valence-corrected chi connectivity index (χ3v) is 10.6. The van der Waals surface area contributed by atoms with Crippen LogP contribution in [0.5, 0.6) is 17.2 Å². The molecule has 0 spiro atoms. The smallest absolute Gasteiger partial charge is 0.260 e. The molecule has 2 heterocycles. The van der Waals surface area contributed by atoms with E-state index in [0.717, 1.165) is 69.5 Å². The maximum atomic E-state index is 7.21. The molecule has 2 aromatic carbocycles. The molecule has 47 heavy (non-hydrogen) atoms. The Kier molecular flexibility index (Phi) is 10.0. The Bertz CT molecular complexity index is 1700. The van der Waals surface area contributed by atoms with Crippen LogP contribution >= 0.6 is 11.6 Å². The number of halogens is 1. The summed E-state index contributed by atoms with van der Waals surface area (Å²) in [6, 6.07) is 10.4. The molecule has 2 unspecified atom stereocenters. The van der Waals surface area contributed by atoms with Crippen molar-refractivity contribution in [3.8, 4) is 17.2 Å². The molecule has 2 aromatic rings. The van der Waals surface area contributed by atoms with Crippen molar-refractivity contribution in [2.45, 2.75) is 84.1 Å². The van der Waals surface area contributed by atoms with Crippen LogP contribution in [0.2, 0.25) is 0 Å². The van der Waals surface area contributed by atoms with E-state index in [2.05, 4.69) is 93.5 Å². The number of ether oxygens (including phenoxy) is 5. The van der Waals surface area contributed by atoms with Crippen LogP contribution in [0.4, 0.5) is 11.4 Å². The van der Waals surface area contributed by atoms with E-state index < -0.39 is 0 Å². The van der Waals surface area contributed by atoms with E-state index in [9.17, 15) is 0 Å². The molecule has 7 nitrogen and oxygen atoms in total.